The van der Waals surface area contributed by atoms with E-state index < -0.39 is 0 Å². The molecule has 0 radical (unpaired) electrons. The Balaban J connectivity index is 2.13. The highest BCUT2D eigenvalue weighted by Crippen LogP contribution is 2.19. The zero-order chi connectivity index (χ0) is 14.4. The third-order valence-corrected chi connectivity index (χ3v) is 3.42. The highest BCUT2D eigenvalue weighted by molar-refractivity contribution is 7.99. The van der Waals surface area contributed by atoms with Crippen LogP contribution in [0.3, 0.4) is 0 Å². The Morgan fingerprint density at radius 3 is 2.90 bits per heavy atom. The summed E-state index contributed by atoms with van der Waals surface area (Å²) in [6, 6.07) is 6.30. The normalized spacial score (nSPS) is 10.5. The van der Waals surface area contributed by atoms with E-state index in [-0.39, 0.29) is 18.2 Å². The van der Waals surface area contributed by atoms with Crippen molar-refractivity contribution in [2.45, 2.75) is 25.2 Å². The van der Waals surface area contributed by atoms with Gasteiger partial charge in [-0.1, -0.05) is 36.9 Å². The van der Waals surface area contributed by atoms with Crippen LogP contribution in [0.2, 0.25) is 0 Å². The lowest BCUT2D eigenvalue weighted by atomic mass is 10.3. The Kier molecular flexibility index (Phi) is 5.17. The fourth-order valence-corrected chi connectivity index (χ4v) is 2.37. The zero-order valence-electron chi connectivity index (χ0n) is 11.3. The number of hydrogen-bond donors (Lipinski definition) is 0. The predicted molar refractivity (Wildman–Crippen MR) is 77.3 cm³/mol. The topological polar surface area (TPSA) is 39.9 Å². The Morgan fingerprint density at radius 1 is 1.40 bits per heavy atom. The van der Waals surface area contributed by atoms with E-state index in [9.17, 15) is 4.39 Å². The van der Waals surface area contributed by atoms with Crippen molar-refractivity contribution in [3.8, 4) is 5.75 Å². The first-order chi connectivity index (χ1) is 9.76. The molecule has 4 nitrogen and oxygen atoms in total. The van der Waals surface area contributed by atoms with E-state index in [4.69, 9.17) is 4.74 Å². The molecule has 0 aliphatic carbocycles. The largest absolute Gasteiger partial charge is 0.483 e. The minimum absolute atomic E-state index is 0.173. The van der Waals surface area contributed by atoms with Gasteiger partial charge in [-0.3, -0.25) is 4.57 Å². The maximum absolute atomic E-state index is 13.5. The first-order valence-corrected chi connectivity index (χ1v) is 7.28. The molecule has 2 aromatic rings. The number of hydrogen-bond acceptors (Lipinski definition) is 4. The van der Waals surface area contributed by atoms with Crippen molar-refractivity contribution < 1.29 is 9.13 Å². The van der Waals surface area contributed by atoms with Crippen molar-refractivity contribution in [3.05, 3.63) is 48.6 Å². The summed E-state index contributed by atoms with van der Waals surface area (Å²) in [6.45, 7) is 6.55. The maximum atomic E-state index is 13.5. The van der Waals surface area contributed by atoms with Gasteiger partial charge >= 0.3 is 0 Å². The van der Waals surface area contributed by atoms with Crippen LogP contribution in [0.1, 0.15) is 12.7 Å². The van der Waals surface area contributed by atoms with Crippen molar-refractivity contribution in [2.24, 2.45) is 0 Å². The number of benzene rings is 1. The lowest BCUT2D eigenvalue weighted by Gasteiger charge is -2.09. The van der Waals surface area contributed by atoms with Crippen molar-refractivity contribution in [1.29, 1.82) is 0 Å². The van der Waals surface area contributed by atoms with E-state index in [1.54, 1.807) is 36.0 Å². The van der Waals surface area contributed by atoms with E-state index in [1.807, 2.05) is 11.5 Å². The molecular formula is C14H16FN3OS. The molecule has 0 spiro atoms. The SMILES string of the molecule is C=CCn1c(COc2ccccc2F)nnc1SCC. The molecule has 2 rings (SSSR count). The maximum Gasteiger partial charge on any atom is 0.191 e. The predicted octanol–water partition coefficient (Wildman–Crippen LogP) is 3.29. The molecule has 0 fully saturated rings. The number of allylic oxidation sites excluding steroid dienone is 1. The van der Waals surface area contributed by atoms with Gasteiger partial charge in [-0.15, -0.1) is 16.8 Å². The first-order valence-electron chi connectivity index (χ1n) is 6.29. The van der Waals surface area contributed by atoms with Crippen LogP contribution in [0.5, 0.6) is 5.75 Å². The summed E-state index contributed by atoms with van der Waals surface area (Å²) < 4.78 is 20.9. The minimum Gasteiger partial charge on any atom is -0.483 e. The molecule has 1 aromatic carbocycles. The summed E-state index contributed by atoms with van der Waals surface area (Å²) in [4.78, 5) is 0. The van der Waals surface area contributed by atoms with Crippen LogP contribution in [0.25, 0.3) is 0 Å². The first kappa shape index (κ1) is 14.6. The summed E-state index contributed by atoms with van der Waals surface area (Å²) in [5.41, 5.74) is 0. The molecule has 6 heteroatoms. The second-order valence-corrected chi connectivity index (χ2v) is 5.18. The number of ether oxygens (including phenoxy) is 1. The van der Waals surface area contributed by atoms with Crippen molar-refractivity contribution in [1.82, 2.24) is 14.8 Å². The number of para-hydroxylation sites is 1. The molecule has 1 aromatic heterocycles. The molecule has 0 atom stereocenters. The number of halogens is 1. The summed E-state index contributed by atoms with van der Waals surface area (Å²) >= 11 is 1.60. The summed E-state index contributed by atoms with van der Waals surface area (Å²) in [5.74, 6) is 1.39. The van der Waals surface area contributed by atoms with Crippen LogP contribution in [-0.2, 0) is 13.2 Å². The second-order valence-electron chi connectivity index (χ2n) is 3.95. The van der Waals surface area contributed by atoms with Gasteiger partial charge in [0.25, 0.3) is 0 Å². The molecule has 1 heterocycles. The lowest BCUT2D eigenvalue weighted by molar-refractivity contribution is 0.275. The molecule has 0 aliphatic heterocycles. The van der Waals surface area contributed by atoms with Crippen molar-refractivity contribution >= 4 is 11.8 Å². The molecule has 0 amide bonds. The monoisotopic (exact) mass is 293 g/mol. The van der Waals surface area contributed by atoms with Crippen LogP contribution < -0.4 is 4.74 Å². The third kappa shape index (κ3) is 3.39. The number of rotatable bonds is 7. The van der Waals surface area contributed by atoms with Gasteiger partial charge in [0.05, 0.1) is 0 Å². The average molecular weight is 293 g/mol. The van der Waals surface area contributed by atoms with Crippen LogP contribution in [0.15, 0.2) is 42.1 Å². The van der Waals surface area contributed by atoms with Crippen molar-refractivity contribution in [3.63, 3.8) is 0 Å². The fraction of sp³-hybridized carbons (Fsp3) is 0.286. The zero-order valence-corrected chi connectivity index (χ0v) is 12.1. The molecule has 0 unspecified atom stereocenters. The Hall–Kier alpha value is -1.82. The van der Waals surface area contributed by atoms with Crippen molar-refractivity contribution in [2.75, 3.05) is 5.75 Å². The number of aromatic nitrogens is 3. The molecular weight excluding hydrogens is 277 g/mol. The standard InChI is InChI=1S/C14H16FN3OS/c1-3-9-18-13(16-17-14(18)20-4-2)10-19-12-8-6-5-7-11(12)15/h3,5-8H,1,4,9-10H2,2H3. The number of nitrogens with zero attached hydrogens (tertiary/aromatic N) is 3. The second kappa shape index (κ2) is 7.09. The van der Waals surface area contributed by atoms with Gasteiger partial charge in [0.1, 0.15) is 6.61 Å². The Bertz CT molecular complexity index is 586. The van der Waals surface area contributed by atoms with E-state index in [0.29, 0.717) is 12.4 Å². The van der Waals surface area contributed by atoms with Crippen LogP contribution in [-0.4, -0.2) is 20.5 Å². The molecule has 0 bridgehead atoms. The lowest BCUT2D eigenvalue weighted by Crippen LogP contribution is -2.08. The fourth-order valence-electron chi connectivity index (χ4n) is 1.68. The summed E-state index contributed by atoms with van der Waals surface area (Å²) in [6.07, 6.45) is 1.77. The average Bonchev–Trinajstić information content (AvgIpc) is 2.82. The van der Waals surface area contributed by atoms with E-state index in [1.165, 1.54) is 6.07 Å². The minimum atomic E-state index is -0.384. The van der Waals surface area contributed by atoms with Gasteiger partial charge in [-0.25, -0.2) is 4.39 Å². The summed E-state index contributed by atoms with van der Waals surface area (Å²) in [5, 5.41) is 9.03. The van der Waals surface area contributed by atoms with Crippen LogP contribution in [0.4, 0.5) is 4.39 Å². The molecule has 20 heavy (non-hydrogen) atoms. The van der Waals surface area contributed by atoms with E-state index in [2.05, 4.69) is 16.8 Å². The van der Waals surface area contributed by atoms with E-state index in [0.717, 1.165) is 10.9 Å². The molecule has 0 aliphatic rings. The summed E-state index contributed by atoms with van der Waals surface area (Å²) in [7, 11) is 0. The number of thioether (sulfide) groups is 1. The smallest absolute Gasteiger partial charge is 0.191 e. The van der Waals surface area contributed by atoms with E-state index >= 15 is 0 Å². The molecule has 0 saturated carbocycles. The van der Waals surface area contributed by atoms with Gasteiger partial charge in [0.2, 0.25) is 0 Å². The highest BCUT2D eigenvalue weighted by Gasteiger charge is 2.12. The molecule has 0 saturated heterocycles. The van der Waals surface area contributed by atoms with Gasteiger partial charge < -0.3 is 4.74 Å². The highest BCUT2D eigenvalue weighted by atomic mass is 32.2. The Morgan fingerprint density at radius 2 is 2.20 bits per heavy atom. The van der Waals surface area contributed by atoms with Gasteiger partial charge in [-0.2, -0.15) is 0 Å². The van der Waals surface area contributed by atoms with Gasteiger partial charge in [-0.05, 0) is 17.9 Å². The van der Waals surface area contributed by atoms with Crippen LogP contribution in [0, 0.1) is 5.82 Å². The quantitative estimate of drug-likeness (QED) is 0.580. The molecule has 106 valence electrons. The third-order valence-electron chi connectivity index (χ3n) is 2.57. The van der Waals surface area contributed by atoms with Gasteiger partial charge in [0.15, 0.2) is 22.5 Å². The molecule has 0 N–H and O–H groups in total. The van der Waals surface area contributed by atoms with Crippen LogP contribution >= 0.6 is 11.8 Å². The Labute approximate surface area is 121 Å². The van der Waals surface area contributed by atoms with Gasteiger partial charge in [0, 0.05) is 6.54 Å².